The molecule has 0 aliphatic heterocycles. The second-order valence-corrected chi connectivity index (χ2v) is 3.82. The summed E-state index contributed by atoms with van der Waals surface area (Å²) in [6, 6.07) is 0. The van der Waals surface area contributed by atoms with E-state index in [-0.39, 0.29) is 24.6 Å². The molecule has 1 atom stereocenters. The number of Topliss-reactive ketones (excluding diaryl/α,β-unsaturated/α-hetero) is 1. The van der Waals surface area contributed by atoms with E-state index in [9.17, 15) is 14.4 Å². The number of hydrogen-bond donors (Lipinski definition) is 0. The van der Waals surface area contributed by atoms with Crippen LogP contribution < -0.4 is 0 Å². The highest BCUT2D eigenvalue weighted by Gasteiger charge is 2.13. The van der Waals surface area contributed by atoms with E-state index in [1.165, 1.54) is 13.8 Å². The van der Waals surface area contributed by atoms with Crippen molar-refractivity contribution in [2.75, 3.05) is 6.61 Å². The zero-order valence-electron chi connectivity index (χ0n) is 10.7. The highest BCUT2D eigenvalue weighted by Crippen LogP contribution is 2.03. The summed E-state index contributed by atoms with van der Waals surface area (Å²) in [5.74, 6) is -0.962. The van der Waals surface area contributed by atoms with E-state index in [1.807, 2.05) is 6.92 Å². The van der Waals surface area contributed by atoms with Crippen LogP contribution in [-0.4, -0.2) is 30.4 Å². The number of carbonyl (C=O) groups is 3. The number of ether oxygens (including phenoxy) is 2. The smallest absolute Gasteiger partial charge is 0.306 e. The summed E-state index contributed by atoms with van der Waals surface area (Å²) < 4.78 is 9.68. The van der Waals surface area contributed by atoms with Gasteiger partial charge in [0.05, 0.1) is 6.61 Å². The molecular weight excluding hydrogens is 224 g/mol. The maximum atomic E-state index is 11.2. The SMILES string of the molecule is CCCOC(=O)CCCC(=O)OC(C)C(C)=O. The Morgan fingerprint density at radius 3 is 2.24 bits per heavy atom. The van der Waals surface area contributed by atoms with Gasteiger partial charge in [-0.3, -0.25) is 14.4 Å². The molecule has 0 aromatic rings. The Balaban J connectivity index is 3.64. The van der Waals surface area contributed by atoms with E-state index in [0.29, 0.717) is 13.0 Å². The van der Waals surface area contributed by atoms with Gasteiger partial charge in [-0.25, -0.2) is 0 Å². The molecule has 0 saturated heterocycles. The molecule has 0 spiro atoms. The maximum Gasteiger partial charge on any atom is 0.306 e. The Morgan fingerprint density at radius 2 is 1.71 bits per heavy atom. The number of rotatable bonds is 8. The van der Waals surface area contributed by atoms with Gasteiger partial charge in [-0.2, -0.15) is 0 Å². The van der Waals surface area contributed by atoms with Crippen molar-refractivity contribution in [3.63, 3.8) is 0 Å². The molecule has 0 aromatic carbocycles. The van der Waals surface area contributed by atoms with Gasteiger partial charge >= 0.3 is 11.9 Å². The molecule has 0 aromatic heterocycles. The summed E-state index contributed by atoms with van der Waals surface area (Å²) in [5, 5.41) is 0. The van der Waals surface area contributed by atoms with Crippen LogP contribution in [0.15, 0.2) is 0 Å². The van der Waals surface area contributed by atoms with E-state index in [2.05, 4.69) is 0 Å². The van der Waals surface area contributed by atoms with Crippen molar-refractivity contribution in [1.29, 1.82) is 0 Å². The van der Waals surface area contributed by atoms with Gasteiger partial charge in [0.1, 0.15) is 0 Å². The molecule has 0 radical (unpaired) electrons. The summed E-state index contributed by atoms with van der Waals surface area (Å²) in [5.41, 5.74) is 0. The molecule has 0 fully saturated rings. The van der Waals surface area contributed by atoms with Crippen molar-refractivity contribution < 1.29 is 23.9 Å². The average molecular weight is 244 g/mol. The van der Waals surface area contributed by atoms with Gasteiger partial charge in [0, 0.05) is 12.8 Å². The standard InChI is InChI=1S/C12H20O5/c1-4-8-16-11(14)6-5-7-12(15)17-10(3)9(2)13/h10H,4-8H2,1-3H3. The van der Waals surface area contributed by atoms with Crippen LogP contribution in [0.4, 0.5) is 0 Å². The number of ketones is 1. The van der Waals surface area contributed by atoms with Crippen molar-refractivity contribution in [1.82, 2.24) is 0 Å². The van der Waals surface area contributed by atoms with Crippen molar-refractivity contribution in [3.8, 4) is 0 Å². The minimum Gasteiger partial charge on any atom is -0.466 e. The van der Waals surface area contributed by atoms with Crippen LogP contribution in [0.5, 0.6) is 0 Å². The van der Waals surface area contributed by atoms with Crippen molar-refractivity contribution in [3.05, 3.63) is 0 Å². The molecule has 5 heteroatoms. The highest BCUT2D eigenvalue weighted by atomic mass is 16.5. The summed E-state index contributed by atoms with van der Waals surface area (Å²) >= 11 is 0. The third-order valence-electron chi connectivity index (χ3n) is 2.11. The summed E-state index contributed by atoms with van der Waals surface area (Å²) in [6.07, 6.45) is 0.771. The largest absolute Gasteiger partial charge is 0.466 e. The van der Waals surface area contributed by atoms with Gasteiger partial charge in [0.2, 0.25) is 0 Å². The Kier molecular flexibility index (Phi) is 8.01. The fraction of sp³-hybridized carbons (Fsp3) is 0.750. The zero-order chi connectivity index (χ0) is 13.3. The molecule has 0 heterocycles. The number of esters is 2. The molecule has 17 heavy (non-hydrogen) atoms. The Hall–Kier alpha value is -1.39. The molecule has 1 unspecified atom stereocenters. The molecule has 0 aliphatic rings. The maximum absolute atomic E-state index is 11.2. The minimum atomic E-state index is -0.713. The van der Waals surface area contributed by atoms with Crippen LogP contribution in [0.1, 0.15) is 46.5 Å². The monoisotopic (exact) mass is 244 g/mol. The lowest BCUT2D eigenvalue weighted by atomic mass is 10.2. The molecule has 0 rings (SSSR count). The number of hydrogen-bond acceptors (Lipinski definition) is 5. The third kappa shape index (κ3) is 8.42. The molecule has 0 amide bonds. The van der Waals surface area contributed by atoms with E-state index >= 15 is 0 Å². The molecule has 98 valence electrons. The van der Waals surface area contributed by atoms with Gasteiger partial charge in [0.25, 0.3) is 0 Å². The fourth-order valence-electron chi connectivity index (χ4n) is 1.00. The Bertz CT molecular complexity index is 272. The lowest BCUT2D eigenvalue weighted by Crippen LogP contribution is -2.21. The lowest BCUT2D eigenvalue weighted by molar-refractivity contribution is -0.153. The average Bonchev–Trinajstić information content (AvgIpc) is 2.26. The fourth-order valence-corrected chi connectivity index (χ4v) is 1.00. The first-order valence-corrected chi connectivity index (χ1v) is 5.83. The van der Waals surface area contributed by atoms with Crippen molar-refractivity contribution in [2.24, 2.45) is 0 Å². The quantitative estimate of drug-likeness (QED) is 0.607. The summed E-state index contributed by atoms with van der Waals surface area (Å²) in [4.78, 5) is 33.1. The summed E-state index contributed by atoms with van der Waals surface area (Å²) in [6.45, 7) is 5.20. The topological polar surface area (TPSA) is 69.7 Å². The molecule has 0 N–H and O–H groups in total. The first kappa shape index (κ1) is 15.6. The van der Waals surface area contributed by atoms with Crippen LogP contribution in [0.25, 0.3) is 0 Å². The predicted octanol–water partition coefficient (Wildman–Crippen LogP) is 1.63. The molecule has 0 bridgehead atoms. The third-order valence-corrected chi connectivity index (χ3v) is 2.11. The second kappa shape index (κ2) is 8.73. The van der Waals surface area contributed by atoms with Crippen LogP contribution in [0.2, 0.25) is 0 Å². The van der Waals surface area contributed by atoms with Crippen LogP contribution >= 0.6 is 0 Å². The lowest BCUT2D eigenvalue weighted by Gasteiger charge is -2.09. The van der Waals surface area contributed by atoms with Crippen molar-refractivity contribution in [2.45, 2.75) is 52.6 Å². The highest BCUT2D eigenvalue weighted by molar-refractivity contribution is 5.83. The minimum absolute atomic E-state index is 0.124. The van der Waals surface area contributed by atoms with E-state index in [1.54, 1.807) is 0 Å². The molecule has 5 nitrogen and oxygen atoms in total. The van der Waals surface area contributed by atoms with E-state index < -0.39 is 12.1 Å². The van der Waals surface area contributed by atoms with Crippen LogP contribution in [-0.2, 0) is 23.9 Å². The predicted molar refractivity (Wildman–Crippen MR) is 61.3 cm³/mol. The first-order chi connectivity index (χ1) is 7.97. The summed E-state index contributed by atoms with van der Waals surface area (Å²) in [7, 11) is 0. The van der Waals surface area contributed by atoms with Crippen LogP contribution in [0.3, 0.4) is 0 Å². The van der Waals surface area contributed by atoms with Gasteiger partial charge in [-0.05, 0) is 26.7 Å². The van der Waals surface area contributed by atoms with Gasteiger partial charge in [-0.15, -0.1) is 0 Å². The van der Waals surface area contributed by atoms with Gasteiger partial charge < -0.3 is 9.47 Å². The number of carbonyl (C=O) groups excluding carboxylic acids is 3. The van der Waals surface area contributed by atoms with Gasteiger partial charge in [-0.1, -0.05) is 6.92 Å². The molecule has 0 aliphatic carbocycles. The van der Waals surface area contributed by atoms with Crippen LogP contribution in [0, 0.1) is 0 Å². The molecule has 0 saturated carbocycles. The van der Waals surface area contributed by atoms with E-state index in [4.69, 9.17) is 9.47 Å². The normalized spacial score (nSPS) is 11.7. The van der Waals surface area contributed by atoms with Crippen molar-refractivity contribution >= 4 is 17.7 Å². The molecular formula is C12H20O5. The Morgan fingerprint density at radius 1 is 1.12 bits per heavy atom. The van der Waals surface area contributed by atoms with E-state index in [0.717, 1.165) is 6.42 Å². The Labute approximate surface area is 101 Å². The zero-order valence-corrected chi connectivity index (χ0v) is 10.7. The van der Waals surface area contributed by atoms with Gasteiger partial charge in [0.15, 0.2) is 11.9 Å². The second-order valence-electron chi connectivity index (χ2n) is 3.82. The first-order valence-electron chi connectivity index (χ1n) is 5.83.